The zero-order chi connectivity index (χ0) is 18.0. The number of anilines is 1. The van der Waals surface area contributed by atoms with E-state index in [1.54, 1.807) is 11.0 Å². The van der Waals surface area contributed by atoms with Gasteiger partial charge in [0.25, 0.3) is 0 Å². The van der Waals surface area contributed by atoms with Crippen LogP contribution in [0.25, 0.3) is 0 Å². The first-order valence-electron chi connectivity index (χ1n) is 8.37. The third-order valence-corrected chi connectivity index (χ3v) is 4.92. The topological polar surface area (TPSA) is 49.4 Å². The van der Waals surface area contributed by atoms with Crippen LogP contribution in [0.5, 0.6) is 0 Å². The van der Waals surface area contributed by atoms with Crippen LogP contribution in [0.1, 0.15) is 30.5 Å². The standard InChI is InChI=1S/C20H21ClN2O2/c1-13-7-9-16(10-8-13)23-12-15(11-19(23)24)20(25)22-14(2)17-5-3-4-6-18(17)21/h3-10,14-15H,11-12H2,1-2H3,(H,22,25)/t14-,15+/m0/s1. The maximum absolute atomic E-state index is 12.6. The molecule has 0 aromatic heterocycles. The van der Waals surface area contributed by atoms with E-state index in [0.29, 0.717) is 11.6 Å². The fourth-order valence-corrected chi connectivity index (χ4v) is 3.39. The molecule has 25 heavy (non-hydrogen) atoms. The van der Waals surface area contributed by atoms with E-state index in [2.05, 4.69) is 5.32 Å². The highest BCUT2D eigenvalue weighted by atomic mass is 35.5. The van der Waals surface area contributed by atoms with Gasteiger partial charge in [-0.25, -0.2) is 0 Å². The van der Waals surface area contributed by atoms with E-state index in [-0.39, 0.29) is 30.2 Å². The van der Waals surface area contributed by atoms with Crippen molar-refractivity contribution in [2.45, 2.75) is 26.3 Å². The van der Waals surface area contributed by atoms with Crippen LogP contribution >= 0.6 is 11.6 Å². The Hall–Kier alpha value is -2.33. The number of halogens is 1. The summed E-state index contributed by atoms with van der Waals surface area (Å²) in [6.45, 7) is 4.30. The fourth-order valence-electron chi connectivity index (χ4n) is 3.09. The van der Waals surface area contributed by atoms with Crippen molar-refractivity contribution in [1.29, 1.82) is 0 Å². The highest BCUT2D eigenvalue weighted by Crippen LogP contribution is 2.27. The van der Waals surface area contributed by atoms with E-state index in [9.17, 15) is 9.59 Å². The highest BCUT2D eigenvalue weighted by Gasteiger charge is 2.35. The average Bonchev–Trinajstić information content (AvgIpc) is 2.98. The van der Waals surface area contributed by atoms with Gasteiger partial charge in [-0.2, -0.15) is 0 Å². The van der Waals surface area contributed by atoms with Crippen LogP contribution < -0.4 is 10.2 Å². The minimum Gasteiger partial charge on any atom is -0.349 e. The van der Waals surface area contributed by atoms with E-state index in [1.807, 2.05) is 56.3 Å². The predicted molar refractivity (Wildman–Crippen MR) is 99.6 cm³/mol. The van der Waals surface area contributed by atoms with Crippen LogP contribution in [0.4, 0.5) is 5.69 Å². The van der Waals surface area contributed by atoms with Crippen molar-refractivity contribution in [2.75, 3.05) is 11.4 Å². The molecule has 1 saturated heterocycles. The lowest BCUT2D eigenvalue weighted by molar-refractivity contribution is -0.126. The number of nitrogens with one attached hydrogen (secondary N) is 1. The quantitative estimate of drug-likeness (QED) is 0.903. The number of amides is 2. The Morgan fingerprint density at radius 3 is 2.56 bits per heavy atom. The Bertz CT molecular complexity index is 789. The second kappa shape index (κ2) is 7.28. The summed E-state index contributed by atoms with van der Waals surface area (Å²) in [4.78, 5) is 26.6. The van der Waals surface area contributed by atoms with Gasteiger partial charge in [0.05, 0.1) is 12.0 Å². The lowest BCUT2D eigenvalue weighted by Gasteiger charge is -2.19. The van der Waals surface area contributed by atoms with Crippen LogP contribution in [-0.2, 0) is 9.59 Å². The maximum atomic E-state index is 12.6. The van der Waals surface area contributed by atoms with Gasteiger partial charge in [-0.1, -0.05) is 47.5 Å². The number of benzene rings is 2. The molecule has 1 N–H and O–H groups in total. The molecule has 5 heteroatoms. The molecular formula is C20H21ClN2O2. The first-order valence-corrected chi connectivity index (χ1v) is 8.75. The van der Waals surface area contributed by atoms with Crippen molar-refractivity contribution in [3.63, 3.8) is 0 Å². The molecule has 0 aliphatic carbocycles. The summed E-state index contributed by atoms with van der Waals surface area (Å²) in [5, 5.41) is 3.60. The third-order valence-electron chi connectivity index (χ3n) is 4.57. The van der Waals surface area contributed by atoms with Crippen LogP contribution in [0.15, 0.2) is 48.5 Å². The number of carbonyl (C=O) groups is 2. The molecule has 0 radical (unpaired) electrons. The Labute approximate surface area is 152 Å². The van der Waals surface area contributed by atoms with E-state index in [4.69, 9.17) is 11.6 Å². The van der Waals surface area contributed by atoms with Crippen molar-refractivity contribution in [2.24, 2.45) is 5.92 Å². The van der Waals surface area contributed by atoms with Crippen LogP contribution in [0, 0.1) is 12.8 Å². The molecule has 4 nitrogen and oxygen atoms in total. The minimum absolute atomic E-state index is 0.0191. The molecule has 3 rings (SSSR count). The van der Waals surface area contributed by atoms with E-state index in [0.717, 1.165) is 16.8 Å². The van der Waals surface area contributed by atoms with Gasteiger partial charge in [0.2, 0.25) is 11.8 Å². The SMILES string of the molecule is Cc1ccc(N2C[C@H](C(=O)N[C@@H](C)c3ccccc3Cl)CC2=O)cc1. The molecule has 0 unspecified atom stereocenters. The normalized spacial score (nSPS) is 18.3. The summed E-state index contributed by atoms with van der Waals surface area (Å²) in [5.41, 5.74) is 2.85. The largest absolute Gasteiger partial charge is 0.349 e. The fraction of sp³-hybridized carbons (Fsp3) is 0.300. The van der Waals surface area contributed by atoms with Gasteiger partial charge in [0.1, 0.15) is 0 Å². The number of hydrogen-bond acceptors (Lipinski definition) is 2. The number of rotatable bonds is 4. The third kappa shape index (κ3) is 3.85. The Morgan fingerprint density at radius 2 is 1.88 bits per heavy atom. The smallest absolute Gasteiger partial charge is 0.227 e. The number of nitrogens with zero attached hydrogens (tertiary/aromatic N) is 1. The second-order valence-electron chi connectivity index (χ2n) is 6.49. The number of hydrogen-bond donors (Lipinski definition) is 1. The lowest BCUT2D eigenvalue weighted by atomic mass is 10.0. The molecule has 0 spiro atoms. The molecule has 1 aliphatic rings. The summed E-state index contributed by atoms with van der Waals surface area (Å²) in [7, 11) is 0. The number of carbonyl (C=O) groups excluding carboxylic acids is 2. The number of aryl methyl sites for hydroxylation is 1. The van der Waals surface area contributed by atoms with Crippen LogP contribution in [-0.4, -0.2) is 18.4 Å². The van der Waals surface area contributed by atoms with E-state index in [1.165, 1.54) is 0 Å². The lowest BCUT2D eigenvalue weighted by Crippen LogP contribution is -2.34. The van der Waals surface area contributed by atoms with Gasteiger partial charge in [0, 0.05) is 23.7 Å². The van der Waals surface area contributed by atoms with Gasteiger partial charge >= 0.3 is 0 Å². The van der Waals surface area contributed by atoms with Gasteiger partial charge in [-0.3, -0.25) is 9.59 Å². The second-order valence-corrected chi connectivity index (χ2v) is 6.90. The molecule has 0 saturated carbocycles. The molecule has 2 atom stereocenters. The van der Waals surface area contributed by atoms with Crippen molar-refractivity contribution in [3.8, 4) is 0 Å². The Kier molecular flexibility index (Phi) is 5.09. The minimum atomic E-state index is -0.348. The summed E-state index contributed by atoms with van der Waals surface area (Å²) >= 11 is 6.19. The summed E-state index contributed by atoms with van der Waals surface area (Å²) in [6.07, 6.45) is 0.231. The van der Waals surface area contributed by atoms with Crippen molar-refractivity contribution in [1.82, 2.24) is 5.32 Å². The van der Waals surface area contributed by atoms with Crippen LogP contribution in [0.3, 0.4) is 0 Å². The van der Waals surface area contributed by atoms with Gasteiger partial charge in [-0.05, 0) is 37.6 Å². The average molecular weight is 357 g/mol. The molecule has 0 bridgehead atoms. The highest BCUT2D eigenvalue weighted by molar-refractivity contribution is 6.31. The Morgan fingerprint density at radius 1 is 1.20 bits per heavy atom. The summed E-state index contributed by atoms with van der Waals surface area (Å²) in [6, 6.07) is 15.0. The molecule has 2 aromatic rings. The first kappa shape index (κ1) is 17.5. The van der Waals surface area contributed by atoms with Gasteiger partial charge < -0.3 is 10.2 Å². The van der Waals surface area contributed by atoms with E-state index >= 15 is 0 Å². The van der Waals surface area contributed by atoms with Crippen LogP contribution in [0.2, 0.25) is 5.02 Å². The van der Waals surface area contributed by atoms with Crippen molar-refractivity contribution in [3.05, 3.63) is 64.7 Å². The zero-order valence-corrected chi connectivity index (χ0v) is 15.1. The zero-order valence-electron chi connectivity index (χ0n) is 14.3. The van der Waals surface area contributed by atoms with Crippen molar-refractivity contribution >= 4 is 29.1 Å². The molecule has 1 heterocycles. The molecule has 130 valence electrons. The molecule has 2 aromatic carbocycles. The molecule has 1 aliphatic heterocycles. The maximum Gasteiger partial charge on any atom is 0.227 e. The monoisotopic (exact) mass is 356 g/mol. The summed E-state index contributed by atoms with van der Waals surface area (Å²) in [5.74, 6) is -0.483. The Balaban J connectivity index is 1.66. The van der Waals surface area contributed by atoms with Gasteiger partial charge in [0.15, 0.2) is 0 Å². The molecular weight excluding hydrogens is 336 g/mol. The molecule has 2 amide bonds. The predicted octanol–water partition coefficient (Wildman–Crippen LogP) is 3.88. The molecule has 1 fully saturated rings. The van der Waals surface area contributed by atoms with Gasteiger partial charge in [-0.15, -0.1) is 0 Å². The van der Waals surface area contributed by atoms with E-state index < -0.39 is 0 Å². The van der Waals surface area contributed by atoms with Crippen molar-refractivity contribution < 1.29 is 9.59 Å². The first-order chi connectivity index (χ1) is 12.0. The summed E-state index contributed by atoms with van der Waals surface area (Å²) < 4.78 is 0.